The number of rotatable bonds is 3. The van der Waals surface area contributed by atoms with E-state index >= 15 is 0 Å². The lowest BCUT2D eigenvalue weighted by Crippen LogP contribution is -2.51. The van der Waals surface area contributed by atoms with E-state index in [2.05, 4.69) is 28.7 Å². The summed E-state index contributed by atoms with van der Waals surface area (Å²) in [7, 11) is 2.26. The summed E-state index contributed by atoms with van der Waals surface area (Å²) >= 11 is 0. The van der Waals surface area contributed by atoms with E-state index in [1.165, 1.54) is 52.0 Å². The minimum atomic E-state index is 0.427. The molecule has 3 heterocycles. The van der Waals surface area contributed by atoms with Crippen molar-refractivity contribution in [1.82, 2.24) is 14.7 Å². The van der Waals surface area contributed by atoms with Crippen LogP contribution in [0.3, 0.4) is 0 Å². The van der Waals surface area contributed by atoms with Crippen LogP contribution in [-0.2, 0) is 4.74 Å². The first-order valence-electron chi connectivity index (χ1n) is 8.47. The molecule has 0 aromatic rings. The molecule has 3 rings (SSSR count). The second-order valence-corrected chi connectivity index (χ2v) is 7.13. The topological polar surface area (TPSA) is 19.0 Å². The van der Waals surface area contributed by atoms with E-state index in [0.717, 1.165) is 31.7 Å². The molecule has 2 atom stereocenters. The minimum absolute atomic E-state index is 0.427. The molecule has 3 saturated heterocycles. The van der Waals surface area contributed by atoms with Gasteiger partial charge >= 0.3 is 0 Å². The molecule has 0 amide bonds. The molecule has 0 radical (unpaired) electrons. The van der Waals surface area contributed by atoms with E-state index in [0.29, 0.717) is 6.10 Å². The van der Waals surface area contributed by atoms with Crippen LogP contribution in [0.25, 0.3) is 0 Å². The van der Waals surface area contributed by atoms with Gasteiger partial charge in [-0.15, -0.1) is 0 Å². The Kier molecular flexibility index (Phi) is 4.97. The van der Waals surface area contributed by atoms with Crippen molar-refractivity contribution in [3.8, 4) is 0 Å². The molecule has 0 bridgehead atoms. The van der Waals surface area contributed by atoms with Crippen LogP contribution in [0.5, 0.6) is 0 Å². The first-order valence-corrected chi connectivity index (χ1v) is 8.47. The summed E-state index contributed by atoms with van der Waals surface area (Å²) in [5, 5.41) is 0. The predicted molar refractivity (Wildman–Crippen MR) is 82.1 cm³/mol. The van der Waals surface area contributed by atoms with Gasteiger partial charge < -0.3 is 14.5 Å². The number of morpholine rings is 1. The Morgan fingerprint density at radius 3 is 2.45 bits per heavy atom. The third-order valence-electron chi connectivity index (χ3n) is 5.35. The summed E-state index contributed by atoms with van der Waals surface area (Å²) in [4.78, 5) is 7.87. The quantitative estimate of drug-likeness (QED) is 0.772. The van der Waals surface area contributed by atoms with Crippen LogP contribution in [0.1, 0.15) is 26.2 Å². The fourth-order valence-corrected chi connectivity index (χ4v) is 4.18. The van der Waals surface area contributed by atoms with Gasteiger partial charge in [0.05, 0.1) is 12.7 Å². The van der Waals surface area contributed by atoms with Gasteiger partial charge in [-0.05, 0) is 58.8 Å². The standard InChI is InChI=1S/C16H31N3O/c1-14-11-19(9-10-20-14)16-4-7-18(8-5-16)13-15-3-6-17(2)12-15/h14-16H,3-13H2,1-2H3/t14-,15+/m0/s1. The maximum Gasteiger partial charge on any atom is 0.0674 e. The second-order valence-electron chi connectivity index (χ2n) is 7.13. The van der Waals surface area contributed by atoms with Gasteiger partial charge in [-0.2, -0.15) is 0 Å². The molecule has 3 fully saturated rings. The Labute approximate surface area is 124 Å². The molecule has 0 aromatic carbocycles. The van der Waals surface area contributed by atoms with Gasteiger partial charge in [0.15, 0.2) is 0 Å². The first-order chi connectivity index (χ1) is 9.70. The van der Waals surface area contributed by atoms with Gasteiger partial charge in [0, 0.05) is 32.2 Å². The summed E-state index contributed by atoms with van der Waals surface area (Å²) < 4.78 is 5.66. The van der Waals surface area contributed by atoms with Crippen LogP contribution in [0.2, 0.25) is 0 Å². The van der Waals surface area contributed by atoms with E-state index in [9.17, 15) is 0 Å². The molecule has 0 N–H and O–H groups in total. The molecule has 0 saturated carbocycles. The van der Waals surface area contributed by atoms with Crippen molar-refractivity contribution < 1.29 is 4.74 Å². The van der Waals surface area contributed by atoms with Crippen molar-refractivity contribution in [1.29, 1.82) is 0 Å². The number of ether oxygens (including phenoxy) is 1. The molecule has 0 aliphatic carbocycles. The van der Waals surface area contributed by atoms with Crippen molar-refractivity contribution in [2.75, 3.05) is 59.5 Å². The number of piperidine rings is 1. The first kappa shape index (κ1) is 14.8. The van der Waals surface area contributed by atoms with Gasteiger partial charge in [0.25, 0.3) is 0 Å². The molecule has 0 aromatic heterocycles. The SMILES string of the molecule is C[C@H]1CN(C2CCN(C[C@@H]3CCN(C)C3)CC2)CCO1. The zero-order valence-corrected chi connectivity index (χ0v) is 13.3. The number of nitrogens with zero attached hydrogens (tertiary/aromatic N) is 3. The fraction of sp³-hybridized carbons (Fsp3) is 1.00. The van der Waals surface area contributed by atoms with E-state index in [-0.39, 0.29) is 0 Å². The van der Waals surface area contributed by atoms with Gasteiger partial charge in [0.2, 0.25) is 0 Å². The normalized spacial score (nSPS) is 35.7. The maximum absolute atomic E-state index is 5.66. The van der Waals surface area contributed by atoms with E-state index in [4.69, 9.17) is 4.74 Å². The van der Waals surface area contributed by atoms with Crippen molar-refractivity contribution in [2.45, 2.75) is 38.3 Å². The maximum atomic E-state index is 5.66. The molecule has 3 aliphatic rings. The number of likely N-dealkylation sites (tertiary alicyclic amines) is 2. The summed E-state index contributed by atoms with van der Waals surface area (Å²) in [5.41, 5.74) is 0. The summed E-state index contributed by atoms with van der Waals surface area (Å²) in [6, 6.07) is 0.809. The molecule has 4 nitrogen and oxygen atoms in total. The lowest BCUT2D eigenvalue weighted by atomic mass is 10.00. The fourth-order valence-electron chi connectivity index (χ4n) is 4.18. The molecular weight excluding hydrogens is 250 g/mol. The Hall–Kier alpha value is -0.160. The van der Waals surface area contributed by atoms with Gasteiger partial charge in [0.1, 0.15) is 0 Å². The molecule has 0 unspecified atom stereocenters. The van der Waals surface area contributed by atoms with Crippen LogP contribution in [0.4, 0.5) is 0 Å². The summed E-state index contributed by atoms with van der Waals surface area (Å²) in [6.45, 7) is 12.0. The van der Waals surface area contributed by atoms with E-state index < -0.39 is 0 Å². The Balaban J connectivity index is 1.40. The predicted octanol–water partition coefficient (Wildman–Crippen LogP) is 1.12. The van der Waals surface area contributed by atoms with Crippen molar-refractivity contribution in [3.63, 3.8) is 0 Å². The van der Waals surface area contributed by atoms with Crippen molar-refractivity contribution in [2.24, 2.45) is 5.92 Å². The number of hydrogen-bond acceptors (Lipinski definition) is 4. The third-order valence-corrected chi connectivity index (χ3v) is 5.35. The zero-order chi connectivity index (χ0) is 13.9. The molecule has 20 heavy (non-hydrogen) atoms. The minimum Gasteiger partial charge on any atom is -0.376 e. The zero-order valence-electron chi connectivity index (χ0n) is 13.3. The molecule has 116 valence electrons. The van der Waals surface area contributed by atoms with Crippen LogP contribution >= 0.6 is 0 Å². The molecule has 3 aliphatic heterocycles. The van der Waals surface area contributed by atoms with Crippen LogP contribution in [0.15, 0.2) is 0 Å². The average molecular weight is 281 g/mol. The van der Waals surface area contributed by atoms with Gasteiger partial charge in [-0.25, -0.2) is 0 Å². The summed E-state index contributed by atoms with van der Waals surface area (Å²) in [5.74, 6) is 0.917. The van der Waals surface area contributed by atoms with Gasteiger partial charge in [-0.3, -0.25) is 4.90 Å². The Morgan fingerprint density at radius 2 is 1.80 bits per heavy atom. The van der Waals surface area contributed by atoms with Crippen LogP contribution < -0.4 is 0 Å². The molecule has 4 heteroatoms. The average Bonchev–Trinajstić information content (AvgIpc) is 2.85. The Bertz CT molecular complexity index is 304. The van der Waals surface area contributed by atoms with E-state index in [1.807, 2.05) is 0 Å². The second kappa shape index (κ2) is 6.73. The van der Waals surface area contributed by atoms with Crippen molar-refractivity contribution >= 4 is 0 Å². The highest BCUT2D eigenvalue weighted by atomic mass is 16.5. The number of hydrogen-bond donors (Lipinski definition) is 0. The monoisotopic (exact) mass is 281 g/mol. The van der Waals surface area contributed by atoms with Crippen LogP contribution in [-0.4, -0.2) is 86.3 Å². The third kappa shape index (κ3) is 3.73. The summed E-state index contributed by atoms with van der Waals surface area (Å²) in [6.07, 6.45) is 4.54. The molecule has 0 spiro atoms. The van der Waals surface area contributed by atoms with Gasteiger partial charge in [-0.1, -0.05) is 0 Å². The largest absolute Gasteiger partial charge is 0.376 e. The highest BCUT2D eigenvalue weighted by Gasteiger charge is 2.29. The highest BCUT2D eigenvalue weighted by Crippen LogP contribution is 2.22. The highest BCUT2D eigenvalue weighted by molar-refractivity contribution is 4.84. The lowest BCUT2D eigenvalue weighted by molar-refractivity contribution is -0.0438. The molecular formula is C16H31N3O. The van der Waals surface area contributed by atoms with Crippen LogP contribution in [0, 0.1) is 5.92 Å². The lowest BCUT2D eigenvalue weighted by Gasteiger charge is -2.42. The van der Waals surface area contributed by atoms with Crippen molar-refractivity contribution in [3.05, 3.63) is 0 Å². The Morgan fingerprint density at radius 1 is 1.00 bits per heavy atom. The smallest absolute Gasteiger partial charge is 0.0674 e. The van der Waals surface area contributed by atoms with E-state index in [1.54, 1.807) is 0 Å².